The number of halogens is 1. The lowest BCUT2D eigenvalue weighted by Crippen LogP contribution is -2.28. The molecule has 1 fully saturated rings. The summed E-state index contributed by atoms with van der Waals surface area (Å²) in [6.45, 7) is 3.36. The van der Waals surface area contributed by atoms with Crippen molar-refractivity contribution >= 4 is 22.5 Å². The fourth-order valence-electron chi connectivity index (χ4n) is 3.33. The van der Waals surface area contributed by atoms with E-state index in [1.165, 1.54) is 6.07 Å². The molecule has 3 aromatic rings. The number of hydrogen-bond donors (Lipinski definition) is 2. The summed E-state index contributed by atoms with van der Waals surface area (Å²) in [6, 6.07) is 9.00. The zero-order valence-electron chi connectivity index (χ0n) is 14.6. The molecule has 0 aliphatic carbocycles. The maximum absolute atomic E-state index is 14.3. The molecule has 1 aromatic heterocycles. The monoisotopic (exact) mass is 352 g/mol. The Morgan fingerprint density at radius 3 is 2.81 bits per heavy atom. The number of aromatic nitrogens is 2. The van der Waals surface area contributed by atoms with Crippen molar-refractivity contribution in [3.8, 4) is 11.1 Å². The van der Waals surface area contributed by atoms with E-state index in [-0.39, 0.29) is 5.82 Å². The van der Waals surface area contributed by atoms with Gasteiger partial charge in [0.2, 0.25) is 5.95 Å². The minimum Gasteiger partial charge on any atom is -0.398 e. The largest absolute Gasteiger partial charge is 0.398 e. The first-order valence-electron chi connectivity index (χ1n) is 8.78. The van der Waals surface area contributed by atoms with Gasteiger partial charge in [0.05, 0.1) is 5.52 Å². The summed E-state index contributed by atoms with van der Waals surface area (Å²) in [5.41, 5.74) is 9.37. The summed E-state index contributed by atoms with van der Waals surface area (Å²) in [6.07, 6.45) is 3.68. The molecule has 0 amide bonds. The smallest absolute Gasteiger partial charge is 0.223 e. The topological polar surface area (TPSA) is 73.1 Å². The molecule has 6 heteroatoms. The molecule has 1 aliphatic rings. The summed E-state index contributed by atoms with van der Waals surface area (Å²) in [5, 5.41) is 4.23. The molecular weight excluding hydrogens is 331 g/mol. The molecule has 0 bridgehead atoms. The first-order valence-corrected chi connectivity index (χ1v) is 8.78. The van der Waals surface area contributed by atoms with Gasteiger partial charge in [-0.3, -0.25) is 0 Å². The SMILES string of the molecule is Cc1c(N)ccc(F)c1-c1ccc2nc(NC3CCOCC3)ncc2c1. The van der Waals surface area contributed by atoms with Gasteiger partial charge in [-0.25, -0.2) is 14.4 Å². The first-order chi connectivity index (χ1) is 12.6. The molecule has 26 heavy (non-hydrogen) atoms. The predicted octanol–water partition coefficient (Wildman–Crippen LogP) is 3.92. The third kappa shape index (κ3) is 3.20. The maximum Gasteiger partial charge on any atom is 0.223 e. The van der Waals surface area contributed by atoms with Crippen LogP contribution in [-0.4, -0.2) is 29.2 Å². The highest BCUT2D eigenvalue weighted by atomic mass is 19.1. The molecular formula is C20H21FN4O. The van der Waals surface area contributed by atoms with Gasteiger partial charge < -0.3 is 15.8 Å². The first kappa shape index (κ1) is 16.7. The van der Waals surface area contributed by atoms with Crippen molar-refractivity contribution in [3.63, 3.8) is 0 Å². The molecule has 2 aromatic carbocycles. The van der Waals surface area contributed by atoms with Crippen LogP contribution in [0.5, 0.6) is 0 Å². The fourth-order valence-corrected chi connectivity index (χ4v) is 3.33. The number of hydrogen-bond acceptors (Lipinski definition) is 5. The highest BCUT2D eigenvalue weighted by Crippen LogP contribution is 2.31. The van der Waals surface area contributed by atoms with Gasteiger partial charge in [0.1, 0.15) is 5.82 Å². The van der Waals surface area contributed by atoms with Crippen LogP contribution in [0.4, 0.5) is 16.0 Å². The van der Waals surface area contributed by atoms with Gasteiger partial charge in [0, 0.05) is 42.1 Å². The Morgan fingerprint density at radius 1 is 1.19 bits per heavy atom. The second-order valence-corrected chi connectivity index (χ2v) is 6.63. The Labute approximate surface area is 151 Å². The average Bonchev–Trinajstić information content (AvgIpc) is 2.66. The number of rotatable bonds is 3. The number of nitrogens with two attached hydrogens (primary N) is 1. The van der Waals surface area contributed by atoms with Crippen LogP contribution in [0.15, 0.2) is 36.5 Å². The van der Waals surface area contributed by atoms with Crippen molar-refractivity contribution in [2.75, 3.05) is 24.3 Å². The van der Waals surface area contributed by atoms with Crippen molar-refractivity contribution in [3.05, 3.63) is 47.9 Å². The van der Waals surface area contributed by atoms with Crippen LogP contribution in [0.1, 0.15) is 18.4 Å². The molecule has 0 spiro atoms. The zero-order valence-corrected chi connectivity index (χ0v) is 14.6. The highest BCUT2D eigenvalue weighted by Gasteiger charge is 2.15. The van der Waals surface area contributed by atoms with Crippen LogP contribution in [0.25, 0.3) is 22.0 Å². The average molecular weight is 352 g/mol. The van der Waals surface area contributed by atoms with E-state index in [9.17, 15) is 4.39 Å². The summed E-state index contributed by atoms with van der Waals surface area (Å²) in [5.74, 6) is 0.332. The van der Waals surface area contributed by atoms with Gasteiger partial charge in [-0.1, -0.05) is 6.07 Å². The van der Waals surface area contributed by atoms with Crippen molar-refractivity contribution < 1.29 is 9.13 Å². The molecule has 0 atom stereocenters. The number of fused-ring (bicyclic) bond motifs is 1. The number of anilines is 2. The van der Waals surface area contributed by atoms with Gasteiger partial charge in [-0.15, -0.1) is 0 Å². The molecule has 5 nitrogen and oxygen atoms in total. The van der Waals surface area contributed by atoms with Gasteiger partial charge in [0.25, 0.3) is 0 Å². The standard InChI is InChI=1S/C20H21FN4O/c1-12-17(22)4-3-16(21)19(12)13-2-5-18-14(10-13)11-23-20(25-18)24-15-6-8-26-9-7-15/h2-5,10-11,15H,6-9,22H2,1H3,(H,23,24,25). The molecule has 1 saturated heterocycles. The molecule has 2 heterocycles. The van der Waals surface area contributed by atoms with Crippen LogP contribution in [-0.2, 0) is 4.74 Å². The number of ether oxygens (including phenoxy) is 1. The van der Waals surface area contributed by atoms with Gasteiger partial charge >= 0.3 is 0 Å². The Balaban J connectivity index is 1.66. The highest BCUT2D eigenvalue weighted by molar-refractivity contribution is 5.86. The number of nitrogens with zero attached hydrogens (tertiary/aromatic N) is 2. The Morgan fingerprint density at radius 2 is 2.00 bits per heavy atom. The van der Waals surface area contributed by atoms with Crippen LogP contribution in [0.2, 0.25) is 0 Å². The van der Waals surface area contributed by atoms with Crippen LogP contribution >= 0.6 is 0 Å². The van der Waals surface area contributed by atoms with Gasteiger partial charge in [0.15, 0.2) is 0 Å². The summed E-state index contributed by atoms with van der Waals surface area (Å²) < 4.78 is 19.7. The Bertz CT molecular complexity index is 954. The minimum atomic E-state index is -0.283. The van der Waals surface area contributed by atoms with E-state index in [1.807, 2.05) is 25.1 Å². The summed E-state index contributed by atoms with van der Waals surface area (Å²) in [7, 11) is 0. The predicted molar refractivity (Wildman–Crippen MR) is 102 cm³/mol. The lowest BCUT2D eigenvalue weighted by molar-refractivity contribution is 0.0903. The molecule has 134 valence electrons. The maximum atomic E-state index is 14.3. The van der Waals surface area contributed by atoms with Crippen LogP contribution in [0.3, 0.4) is 0 Å². The van der Waals surface area contributed by atoms with Crippen molar-refractivity contribution in [1.82, 2.24) is 9.97 Å². The Kier molecular flexibility index (Phi) is 4.42. The second kappa shape index (κ2) is 6.88. The quantitative estimate of drug-likeness (QED) is 0.699. The normalized spacial score (nSPS) is 15.3. The van der Waals surface area contributed by atoms with Crippen molar-refractivity contribution in [2.24, 2.45) is 0 Å². The molecule has 0 saturated carbocycles. The lowest BCUT2D eigenvalue weighted by Gasteiger charge is -2.23. The zero-order chi connectivity index (χ0) is 18.1. The second-order valence-electron chi connectivity index (χ2n) is 6.63. The van der Waals surface area contributed by atoms with Crippen LogP contribution < -0.4 is 11.1 Å². The Hall–Kier alpha value is -2.73. The number of nitrogens with one attached hydrogen (secondary N) is 1. The van der Waals surface area contributed by atoms with E-state index in [0.29, 0.717) is 23.2 Å². The third-order valence-corrected chi connectivity index (χ3v) is 4.88. The van der Waals surface area contributed by atoms with E-state index in [0.717, 1.165) is 48.1 Å². The number of nitrogen functional groups attached to an aromatic ring is 1. The third-order valence-electron chi connectivity index (χ3n) is 4.88. The van der Waals surface area contributed by atoms with Crippen LogP contribution in [0, 0.1) is 12.7 Å². The molecule has 0 radical (unpaired) electrons. The molecule has 3 N–H and O–H groups in total. The summed E-state index contributed by atoms with van der Waals surface area (Å²) >= 11 is 0. The van der Waals surface area contributed by atoms with E-state index in [2.05, 4.69) is 15.3 Å². The molecule has 0 unspecified atom stereocenters. The van der Waals surface area contributed by atoms with E-state index in [4.69, 9.17) is 10.5 Å². The van der Waals surface area contributed by atoms with Gasteiger partial charge in [-0.05, 0) is 55.2 Å². The van der Waals surface area contributed by atoms with E-state index in [1.54, 1.807) is 12.3 Å². The van der Waals surface area contributed by atoms with Gasteiger partial charge in [-0.2, -0.15) is 0 Å². The lowest BCUT2D eigenvalue weighted by atomic mass is 9.97. The van der Waals surface area contributed by atoms with Crippen molar-refractivity contribution in [2.45, 2.75) is 25.8 Å². The van der Waals surface area contributed by atoms with E-state index >= 15 is 0 Å². The minimum absolute atomic E-state index is 0.283. The molecule has 1 aliphatic heterocycles. The molecule has 4 rings (SSSR count). The van der Waals surface area contributed by atoms with Crippen molar-refractivity contribution in [1.29, 1.82) is 0 Å². The number of benzene rings is 2. The fraction of sp³-hybridized carbons (Fsp3) is 0.300. The van der Waals surface area contributed by atoms with E-state index < -0.39 is 0 Å². The summed E-state index contributed by atoms with van der Waals surface area (Å²) in [4.78, 5) is 9.00.